The molecule has 2 aromatic rings. The van der Waals surface area contributed by atoms with Gasteiger partial charge < -0.3 is 20.5 Å². The number of ether oxygens (including phenoxy) is 1. The van der Waals surface area contributed by atoms with Crippen molar-refractivity contribution in [2.24, 2.45) is 0 Å². The Hall–Kier alpha value is -3.55. The van der Waals surface area contributed by atoms with Crippen LogP contribution in [0.3, 0.4) is 0 Å². The lowest BCUT2D eigenvalue weighted by molar-refractivity contribution is 0.102. The molecule has 0 radical (unpaired) electrons. The molecule has 3 N–H and O–H groups in total. The maximum Gasteiger partial charge on any atom is 0.410 e. The van der Waals surface area contributed by atoms with Crippen LogP contribution in [0.4, 0.5) is 10.6 Å². The van der Waals surface area contributed by atoms with Gasteiger partial charge in [0.2, 0.25) is 0 Å². The fourth-order valence-electron chi connectivity index (χ4n) is 3.32. The van der Waals surface area contributed by atoms with Crippen LogP contribution >= 0.6 is 0 Å². The van der Waals surface area contributed by atoms with E-state index in [1.165, 1.54) is 0 Å². The first-order valence-electron chi connectivity index (χ1n) is 9.42. The lowest BCUT2D eigenvalue weighted by Crippen LogP contribution is -2.37. The van der Waals surface area contributed by atoms with Crippen LogP contribution in [0.15, 0.2) is 24.3 Å². The number of anilines is 1. The van der Waals surface area contributed by atoms with E-state index in [1.807, 2.05) is 24.3 Å². The first-order chi connectivity index (χ1) is 14.1. The van der Waals surface area contributed by atoms with Gasteiger partial charge in [0.1, 0.15) is 17.5 Å². The van der Waals surface area contributed by atoms with Gasteiger partial charge in [-0.15, -0.1) is 0 Å². The summed E-state index contributed by atoms with van der Waals surface area (Å²) in [6.45, 7) is 2.89. The number of carbonyl (C=O) groups is 1. The third-order valence-electron chi connectivity index (χ3n) is 4.66. The minimum absolute atomic E-state index is 0.0238. The van der Waals surface area contributed by atoms with Crippen molar-refractivity contribution in [2.45, 2.75) is 26.3 Å². The van der Waals surface area contributed by atoms with E-state index in [2.05, 4.69) is 22.9 Å². The van der Waals surface area contributed by atoms with Crippen molar-refractivity contribution >= 4 is 11.9 Å². The summed E-state index contributed by atoms with van der Waals surface area (Å²) < 4.78 is 5.13. The van der Waals surface area contributed by atoms with Crippen LogP contribution in [-0.2, 0) is 17.7 Å². The van der Waals surface area contributed by atoms with Gasteiger partial charge in [-0.25, -0.2) is 9.78 Å². The van der Waals surface area contributed by atoms with E-state index in [0.29, 0.717) is 43.7 Å². The molecule has 1 aromatic carbocycles. The fourth-order valence-corrected chi connectivity index (χ4v) is 3.32. The molecule has 0 spiro atoms. The van der Waals surface area contributed by atoms with Crippen molar-refractivity contribution in [3.8, 4) is 29.0 Å². The predicted octanol–water partition coefficient (Wildman–Crippen LogP) is 2.45. The predicted molar refractivity (Wildman–Crippen MR) is 109 cm³/mol. The van der Waals surface area contributed by atoms with Crippen molar-refractivity contribution in [1.82, 2.24) is 9.88 Å². The molecule has 148 valence electrons. The van der Waals surface area contributed by atoms with Gasteiger partial charge in [0.05, 0.1) is 25.5 Å². The van der Waals surface area contributed by atoms with E-state index in [9.17, 15) is 10.1 Å². The number of pyridine rings is 1. The molecule has 0 atom stereocenters. The molecule has 7 heteroatoms. The van der Waals surface area contributed by atoms with Gasteiger partial charge in [-0.2, -0.15) is 5.26 Å². The quantitative estimate of drug-likeness (QED) is 0.779. The summed E-state index contributed by atoms with van der Waals surface area (Å²) in [6, 6.07) is 9.63. The summed E-state index contributed by atoms with van der Waals surface area (Å²) in [4.78, 5) is 18.2. The zero-order chi connectivity index (χ0) is 20.8. The third-order valence-corrected chi connectivity index (χ3v) is 4.66. The van der Waals surface area contributed by atoms with E-state index < -0.39 is 0 Å². The van der Waals surface area contributed by atoms with Crippen LogP contribution in [0.25, 0.3) is 11.1 Å². The van der Waals surface area contributed by atoms with Crippen LogP contribution < -0.4 is 5.73 Å². The minimum Gasteiger partial charge on any atom is -0.450 e. The number of nitrogens with two attached hydrogens (primary N) is 1. The molecular formula is C22H22N4O3. The number of hydrogen-bond donors (Lipinski definition) is 2. The van der Waals surface area contributed by atoms with Crippen molar-refractivity contribution in [3.63, 3.8) is 0 Å². The average Bonchev–Trinajstić information content (AvgIpc) is 2.73. The molecule has 1 aliphatic heterocycles. The normalized spacial score (nSPS) is 12.4. The number of aliphatic hydroxyl groups is 1. The largest absolute Gasteiger partial charge is 0.450 e. The first kappa shape index (κ1) is 20.2. The van der Waals surface area contributed by atoms with Gasteiger partial charge in [0.15, 0.2) is 0 Å². The standard InChI is InChI=1S/C22H22N4O3/c1-2-29-22(28)26-11-10-19-18(14-26)20(17(13-23)21(24)25-19)16-8-6-15(7-9-16)5-3-4-12-27/h6-9,27H,2,4,10-12,14H2,1H3,(H2,24,25). The summed E-state index contributed by atoms with van der Waals surface area (Å²) in [7, 11) is 0. The van der Waals surface area contributed by atoms with Gasteiger partial charge in [-0.3, -0.25) is 0 Å². The number of hydrogen-bond acceptors (Lipinski definition) is 6. The molecule has 0 saturated carbocycles. The van der Waals surface area contributed by atoms with Crippen LogP contribution in [0.2, 0.25) is 0 Å². The number of aromatic nitrogens is 1. The van der Waals surface area contributed by atoms with Crippen molar-refractivity contribution in [3.05, 3.63) is 46.6 Å². The fraction of sp³-hybridized carbons (Fsp3) is 0.318. The van der Waals surface area contributed by atoms with Gasteiger partial charge in [-0.1, -0.05) is 24.0 Å². The topological polar surface area (TPSA) is 112 Å². The van der Waals surface area contributed by atoms with Crippen molar-refractivity contribution in [1.29, 1.82) is 5.26 Å². The monoisotopic (exact) mass is 390 g/mol. The molecule has 2 heterocycles. The number of nitrogens with zero attached hydrogens (tertiary/aromatic N) is 3. The first-order valence-corrected chi connectivity index (χ1v) is 9.42. The number of amides is 1. The molecule has 0 unspecified atom stereocenters. The molecule has 1 amide bonds. The molecule has 3 rings (SSSR count). The highest BCUT2D eigenvalue weighted by molar-refractivity contribution is 5.80. The second-order valence-corrected chi connectivity index (χ2v) is 6.51. The second kappa shape index (κ2) is 9.09. The molecule has 29 heavy (non-hydrogen) atoms. The molecule has 0 bridgehead atoms. The highest BCUT2D eigenvalue weighted by Crippen LogP contribution is 2.35. The van der Waals surface area contributed by atoms with Crippen LogP contribution in [0.5, 0.6) is 0 Å². The highest BCUT2D eigenvalue weighted by Gasteiger charge is 2.28. The molecule has 0 aliphatic carbocycles. The number of nitrogen functional groups attached to an aromatic ring is 1. The van der Waals surface area contributed by atoms with E-state index in [1.54, 1.807) is 11.8 Å². The number of aliphatic hydroxyl groups excluding tert-OH is 1. The van der Waals surface area contributed by atoms with Crippen molar-refractivity contribution < 1.29 is 14.6 Å². The SMILES string of the molecule is CCOC(=O)N1CCc2nc(N)c(C#N)c(-c3ccc(C#CCCO)cc3)c2C1. The molecule has 1 aromatic heterocycles. The lowest BCUT2D eigenvalue weighted by atomic mass is 9.91. The summed E-state index contributed by atoms with van der Waals surface area (Å²) in [5.74, 6) is 6.06. The van der Waals surface area contributed by atoms with E-state index in [4.69, 9.17) is 15.6 Å². The average molecular weight is 390 g/mol. The van der Waals surface area contributed by atoms with Gasteiger partial charge in [0, 0.05) is 36.1 Å². The van der Waals surface area contributed by atoms with E-state index >= 15 is 0 Å². The number of benzene rings is 1. The summed E-state index contributed by atoms with van der Waals surface area (Å²) >= 11 is 0. The Balaban J connectivity index is 2.05. The molecule has 0 fully saturated rings. The number of fused-ring (bicyclic) bond motifs is 1. The highest BCUT2D eigenvalue weighted by atomic mass is 16.6. The molecule has 7 nitrogen and oxygen atoms in total. The summed E-state index contributed by atoms with van der Waals surface area (Å²) in [5.41, 5.74) is 10.3. The van der Waals surface area contributed by atoms with E-state index in [-0.39, 0.29) is 18.5 Å². The number of rotatable bonds is 3. The smallest absolute Gasteiger partial charge is 0.410 e. The summed E-state index contributed by atoms with van der Waals surface area (Å²) in [6.07, 6.45) is 0.578. The van der Waals surface area contributed by atoms with Crippen LogP contribution in [-0.4, -0.2) is 40.8 Å². The zero-order valence-electron chi connectivity index (χ0n) is 16.2. The second-order valence-electron chi connectivity index (χ2n) is 6.51. The number of nitriles is 1. The Labute approximate surface area is 169 Å². The van der Waals surface area contributed by atoms with Crippen LogP contribution in [0, 0.1) is 23.2 Å². The minimum atomic E-state index is -0.381. The van der Waals surface area contributed by atoms with Gasteiger partial charge >= 0.3 is 6.09 Å². The van der Waals surface area contributed by atoms with Gasteiger partial charge in [-0.05, 0) is 24.6 Å². The van der Waals surface area contributed by atoms with Crippen molar-refractivity contribution in [2.75, 3.05) is 25.5 Å². The Kier molecular flexibility index (Phi) is 6.33. The summed E-state index contributed by atoms with van der Waals surface area (Å²) in [5, 5.41) is 18.5. The molecule has 1 aliphatic rings. The van der Waals surface area contributed by atoms with Crippen LogP contribution in [0.1, 0.15) is 35.7 Å². The third kappa shape index (κ3) is 4.31. The van der Waals surface area contributed by atoms with Gasteiger partial charge in [0.25, 0.3) is 0 Å². The molecule has 0 saturated heterocycles. The Morgan fingerprint density at radius 3 is 2.79 bits per heavy atom. The number of carbonyl (C=O) groups excluding carboxylic acids is 1. The lowest BCUT2D eigenvalue weighted by Gasteiger charge is -2.29. The zero-order valence-corrected chi connectivity index (χ0v) is 16.2. The maximum atomic E-state index is 12.2. The maximum absolute atomic E-state index is 12.2. The Bertz CT molecular complexity index is 1010. The Morgan fingerprint density at radius 1 is 1.38 bits per heavy atom. The van der Waals surface area contributed by atoms with E-state index in [0.717, 1.165) is 22.4 Å². The Morgan fingerprint density at radius 2 is 2.14 bits per heavy atom. The molecular weight excluding hydrogens is 368 g/mol.